The second-order valence-corrected chi connectivity index (χ2v) is 5.18. The Balaban J connectivity index is 1.65. The minimum atomic E-state index is 0.705. The first-order chi connectivity index (χ1) is 9.42. The van der Waals surface area contributed by atoms with Gasteiger partial charge in [0, 0.05) is 43.1 Å². The van der Waals surface area contributed by atoms with Gasteiger partial charge in [0.1, 0.15) is 0 Å². The van der Waals surface area contributed by atoms with Crippen molar-refractivity contribution in [1.29, 1.82) is 0 Å². The number of aromatic nitrogens is 2. The van der Waals surface area contributed by atoms with Crippen molar-refractivity contribution in [3.8, 4) is 0 Å². The molecular formula is C16H19N3. The predicted octanol–water partition coefficient (Wildman–Crippen LogP) is 2.94. The molecule has 0 amide bonds. The summed E-state index contributed by atoms with van der Waals surface area (Å²) in [5, 5.41) is 0. The molecule has 3 nitrogen and oxygen atoms in total. The van der Waals surface area contributed by atoms with Gasteiger partial charge in [-0.05, 0) is 49.4 Å². The fourth-order valence-corrected chi connectivity index (χ4v) is 2.84. The van der Waals surface area contributed by atoms with Crippen LogP contribution < -0.4 is 4.90 Å². The molecule has 1 unspecified atom stereocenters. The van der Waals surface area contributed by atoms with Crippen LogP contribution in [0.15, 0.2) is 48.9 Å². The summed E-state index contributed by atoms with van der Waals surface area (Å²) in [4.78, 5) is 11.0. The van der Waals surface area contributed by atoms with Gasteiger partial charge in [-0.15, -0.1) is 0 Å². The van der Waals surface area contributed by atoms with Crippen LogP contribution in [0.25, 0.3) is 0 Å². The second-order valence-electron chi connectivity index (χ2n) is 5.18. The van der Waals surface area contributed by atoms with Crippen molar-refractivity contribution in [3.05, 3.63) is 54.6 Å². The van der Waals surface area contributed by atoms with Gasteiger partial charge in [0.15, 0.2) is 0 Å². The van der Waals surface area contributed by atoms with Crippen LogP contribution in [0.1, 0.15) is 18.5 Å². The minimum absolute atomic E-state index is 0.705. The molecule has 0 bridgehead atoms. The first-order valence-electron chi connectivity index (χ1n) is 6.97. The molecule has 0 saturated carbocycles. The molecule has 1 saturated heterocycles. The van der Waals surface area contributed by atoms with Crippen LogP contribution >= 0.6 is 0 Å². The Kier molecular flexibility index (Phi) is 3.73. The Bertz CT molecular complexity index is 498. The topological polar surface area (TPSA) is 29.0 Å². The molecule has 0 aliphatic carbocycles. The largest absolute Gasteiger partial charge is 0.371 e. The van der Waals surface area contributed by atoms with E-state index in [1.54, 1.807) is 0 Å². The van der Waals surface area contributed by atoms with Crippen molar-refractivity contribution in [2.45, 2.75) is 19.3 Å². The lowest BCUT2D eigenvalue weighted by Gasteiger charge is -2.34. The molecule has 1 aliphatic rings. The average Bonchev–Trinajstić information content (AvgIpc) is 2.49. The Morgan fingerprint density at radius 1 is 1.11 bits per heavy atom. The molecular weight excluding hydrogens is 234 g/mol. The molecule has 2 aromatic heterocycles. The van der Waals surface area contributed by atoms with Gasteiger partial charge in [-0.3, -0.25) is 9.97 Å². The zero-order valence-electron chi connectivity index (χ0n) is 11.1. The Morgan fingerprint density at radius 2 is 2.00 bits per heavy atom. The number of anilines is 1. The lowest BCUT2D eigenvalue weighted by atomic mass is 9.93. The number of piperidine rings is 1. The first-order valence-corrected chi connectivity index (χ1v) is 6.97. The Morgan fingerprint density at radius 3 is 2.79 bits per heavy atom. The molecule has 1 fully saturated rings. The molecule has 0 aromatic carbocycles. The quantitative estimate of drug-likeness (QED) is 0.842. The number of rotatable bonds is 3. The molecule has 3 heteroatoms. The number of hydrogen-bond donors (Lipinski definition) is 0. The maximum absolute atomic E-state index is 4.44. The third-order valence-corrected chi connectivity index (χ3v) is 3.77. The van der Waals surface area contributed by atoms with Crippen molar-refractivity contribution in [1.82, 2.24) is 9.97 Å². The Labute approximate surface area is 114 Å². The minimum Gasteiger partial charge on any atom is -0.371 e. The summed E-state index contributed by atoms with van der Waals surface area (Å²) in [5.74, 6) is 0.705. The van der Waals surface area contributed by atoms with Gasteiger partial charge in [0.2, 0.25) is 0 Å². The summed E-state index contributed by atoms with van der Waals surface area (Å²) in [6, 6.07) is 10.4. The fourth-order valence-electron chi connectivity index (χ4n) is 2.84. The standard InChI is InChI=1S/C16H19N3/c1-2-8-18-15(5-1)12-14-4-3-11-19(13-14)16-6-9-17-10-7-16/h1-2,5-10,14H,3-4,11-13H2. The highest BCUT2D eigenvalue weighted by Gasteiger charge is 2.20. The molecule has 2 aromatic rings. The summed E-state index contributed by atoms with van der Waals surface area (Å²) in [7, 11) is 0. The predicted molar refractivity (Wildman–Crippen MR) is 77.1 cm³/mol. The first kappa shape index (κ1) is 12.2. The maximum Gasteiger partial charge on any atom is 0.0407 e. The fraction of sp³-hybridized carbons (Fsp3) is 0.375. The van der Waals surface area contributed by atoms with Crippen LogP contribution in [-0.2, 0) is 6.42 Å². The molecule has 3 rings (SSSR count). The van der Waals surface area contributed by atoms with E-state index in [-0.39, 0.29) is 0 Å². The van der Waals surface area contributed by atoms with Gasteiger partial charge in [0.05, 0.1) is 0 Å². The zero-order valence-corrected chi connectivity index (χ0v) is 11.1. The molecule has 19 heavy (non-hydrogen) atoms. The van der Waals surface area contributed by atoms with Crippen LogP contribution in [0.5, 0.6) is 0 Å². The molecule has 1 atom stereocenters. The monoisotopic (exact) mass is 253 g/mol. The highest BCUT2D eigenvalue weighted by Crippen LogP contribution is 2.24. The van der Waals surface area contributed by atoms with Crippen LogP contribution in [0.3, 0.4) is 0 Å². The van der Waals surface area contributed by atoms with E-state index in [1.807, 2.05) is 24.7 Å². The van der Waals surface area contributed by atoms with E-state index in [2.05, 4.69) is 39.1 Å². The van der Waals surface area contributed by atoms with Crippen LogP contribution in [-0.4, -0.2) is 23.1 Å². The summed E-state index contributed by atoms with van der Waals surface area (Å²) in [6.07, 6.45) is 9.29. The smallest absolute Gasteiger partial charge is 0.0407 e. The van der Waals surface area contributed by atoms with Gasteiger partial charge in [0.25, 0.3) is 0 Å². The van der Waals surface area contributed by atoms with E-state index in [0.717, 1.165) is 19.5 Å². The summed E-state index contributed by atoms with van der Waals surface area (Å²) in [5.41, 5.74) is 2.50. The maximum atomic E-state index is 4.44. The van der Waals surface area contributed by atoms with Gasteiger partial charge in [-0.2, -0.15) is 0 Å². The van der Waals surface area contributed by atoms with Gasteiger partial charge in [-0.1, -0.05) is 6.07 Å². The molecule has 0 N–H and O–H groups in total. The van der Waals surface area contributed by atoms with E-state index in [9.17, 15) is 0 Å². The molecule has 98 valence electrons. The average molecular weight is 253 g/mol. The van der Waals surface area contributed by atoms with E-state index >= 15 is 0 Å². The normalized spacial score (nSPS) is 19.4. The SMILES string of the molecule is c1ccc(CC2CCCN(c3ccncc3)C2)nc1. The molecule has 3 heterocycles. The van der Waals surface area contributed by atoms with E-state index in [4.69, 9.17) is 0 Å². The lowest BCUT2D eigenvalue weighted by Crippen LogP contribution is -2.36. The third-order valence-electron chi connectivity index (χ3n) is 3.77. The number of hydrogen-bond acceptors (Lipinski definition) is 3. The summed E-state index contributed by atoms with van der Waals surface area (Å²) >= 11 is 0. The van der Waals surface area contributed by atoms with Gasteiger partial charge < -0.3 is 4.90 Å². The van der Waals surface area contributed by atoms with E-state index in [1.165, 1.54) is 24.2 Å². The van der Waals surface area contributed by atoms with Gasteiger partial charge in [-0.25, -0.2) is 0 Å². The number of pyridine rings is 2. The van der Waals surface area contributed by atoms with Crippen molar-refractivity contribution in [2.24, 2.45) is 5.92 Å². The zero-order chi connectivity index (χ0) is 12.9. The van der Waals surface area contributed by atoms with Crippen molar-refractivity contribution >= 4 is 5.69 Å². The lowest BCUT2D eigenvalue weighted by molar-refractivity contribution is 0.410. The molecule has 0 radical (unpaired) electrons. The van der Waals surface area contributed by atoms with Crippen LogP contribution in [0, 0.1) is 5.92 Å². The van der Waals surface area contributed by atoms with Crippen LogP contribution in [0.4, 0.5) is 5.69 Å². The van der Waals surface area contributed by atoms with Crippen molar-refractivity contribution < 1.29 is 0 Å². The third kappa shape index (κ3) is 3.11. The summed E-state index contributed by atoms with van der Waals surface area (Å²) < 4.78 is 0. The highest BCUT2D eigenvalue weighted by molar-refractivity contribution is 5.44. The number of nitrogens with zero attached hydrogens (tertiary/aromatic N) is 3. The van der Waals surface area contributed by atoms with Crippen molar-refractivity contribution in [2.75, 3.05) is 18.0 Å². The molecule has 0 spiro atoms. The highest BCUT2D eigenvalue weighted by atomic mass is 15.1. The second kappa shape index (κ2) is 5.83. The van der Waals surface area contributed by atoms with E-state index in [0.29, 0.717) is 5.92 Å². The Hall–Kier alpha value is -1.90. The van der Waals surface area contributed by atoms with Crippen molar-refractivity contribution in [3.63, 3.8) is 0 Å². The summed E-state index contributed by atoms with van der Waals surface area (Å²) in [6.45, 7) is 2.28. The van der Waals surface area contributed by atoms with Crippen LogP contribution in [0.2, 0.25) is 0 Å². The van der Waals surface area contributed by atoms with E-state index < -0.39 is 0 Å². The molecule has 1 aliphatic heterocycles. The van der Waals surface area contributed by atoms with Gasteiger partial charge >= 0.3 is 0 Å².